The van der Waals surface area contributed by atoms with Gasteiger partial charge in [-0.25, -0.2) is 0 Å². The molecule has 1 aliphatic carbocycles. The van der Waals surface area contributed by atoms with E-state index in [0.29, 0.717) is 43.2 Å². The Morgan fingerprint density at radius 1 is 1.25 bits per heavy atom. The summed E-state index contributed by atoms with van der Waals surface area (Å²) in [5.74, 6) is 2.20. The Morgan fingerprint density at radius 3 is 2.68 bits per heavy atom. The van der Waals surface area contributed by atoms with Gasteiger partial charge in [0.2, 0.25) is 11.7 Å². The highest BCUT2D eigenvalue weighted by atomic mass is 16.5. The number of anilines is 1. The Hall–Kier alpha value is -2.44. The van der Waals surface area contributed by atoms with E-state index in [1.165, 1.54) is 0 Å². The van der Waals surface area contributed by atoms with Crippen LogP contribution in [0.5, 0.6) is 17.2 Å². The van der Waals surface area contributed by atoms with Crippen LogP contribution >= 0.6 is 0 Å². The summed E-state index contributed by atoms with van der Waals surface area (Å²) >= 11 is 0. The lowest BCUT2D eigenvalue weighted by Crippen LogP contribution is -2.60. The van der Waals surface area contributed by atoms with E-state index < -0.39 is 0 Å². The van der Waals surface area contributed by atoms with Gasteiger partial charge < -0.3 is 24.0 Å². The Morgan fingerprint density at radius 2 is 2.00 bits per heavy atom. The van der Waals surface area contributed by atoms with Gasteiger partial charge in [-0.3, -0.25) is 9.59 Å². The van der Waals surface area contributed by atoms with Crippen molar-refractivity contribution in [3.05, 3.63) is 11.6 Å². The van der Waals surface area contributed by atoms with Gasteiger partial charge in [-0.1, -0.05) is 0 Å². The van der Waals surface area contributed by atoms with E-state index in [2.05, 4.69) is 17.9 Å². The molecule has 0 N–H and O–H groups in total. The third kappa shape index (κ3) is 1.94. The molecule has 0 bridgehead atoms. The lowest BCUT2D eigenvalue weighted by molar-refractivity contribution is -0.132. The van der Waals surface area contributed by atoms with Crippen molar-refractivity contribution < 1.29 is 23.8 Å². The maximum Gasteiger partial charge on any atom is 0.219 e. The van der Waals surface area contributed by atoms with Crippen molar-refractivity contribution in [1.29, 1.82) is 0 Å². The lowest BCUT2D eigenvalue weighted by Gasteiger charge is -2.47. The van der Waals surface area contributed by atoms with Gasteiger partial charge in [-0.15, -0.1) is 0 Å². The average Bonchev–Trinajstić information content (AvgIpc) is 3.18. The number of nitrogens with zero attached hydrogens (tertiary/aromatic N) is 2. The maximum absolute atomic E-state index is 12.7. The van der Waals surface area contributed by atoms with Crippen molar-refractivity contribution in [1.82, 2.24) is 4.90 Å². The first-order valence-corrected chi connectivity index (χ1v) is 9.93. The zero-order chi connectivity index (χ0) is 19.8. The predicted octanol–water partition coefficient (Wildman–Crippen LogP) is 1.89. The van der Waals surface area contributed by atoms with Crippen molar-refractivity contribution in [3.8, 4) is 17.2 Å². The largest absolute Gasteiger partial charge is 0.493 e. The minimum absolute atomic E-state index is 0.0348. The number of benzene rings is 1. The molecule has 4 atom stereocenters. The molecule has 3 heterocycles. The molecular formula is C21H26N2O5. The molecule has 0 unspecified atom stereocenters. The fourth-order valence-corrected chi connectivity index (χ4v) is 6.17. The predicted molar refractivity (Wildman–Crippen MR) is 102 cm³/mol. The third-order valence-corrected chi connectivity index (χ3v) is 7.22. The molecule has 1 saturated heterocycles. The van der Waals surface area contributed by atoms with Gasteiger partial charge in [0.05, 0.1) is 32.0 Å². The molecule has 7 heteroatoms. The van der Waals surface area contributed by atoms with Gasteiger partial charge >= 0.3 is 0 Å². The number of amides is 1. The molecule has 5 rings (SSSR count). The number of carbonyl (C=O) groups excluding carboxylic acids is 2. The molecule has 1 saturated carbocycles. The Labute approximate surface area is 164 Å². The summed E-state index contributed by atoms with van der Waals surface area (Å²) in [5, 5.41) is 0. The summed E-state index contributed by atoms with van der Waals surface area (Å²) in [6, 6.07) is 2.12. The van der Waals surface area contributed by atoms with Crippen LogP contribution in [0.15, 0.2) is 6.07 Å². The highest BCUT2D eigenvalue weighted by Crippen LogP contribution is 2.64. The fourth-order valence-electron chi connectivity index (χ4n) is 6.17. The second kappa shape index (κ2) is 5.78. The van der Waals surface area contributed by atoms with E-state index in [4.69, 9.17) is 14.2 Å². The summed E-state index contributed by atoms with van der Waals surface area (Å²) in [7, 11) is 3.24. The monoisotopic (exact) mass is 386 g/mol. The molecule has 2 fully saturated rings. The summed E-state index contributed by atoms with van der Waals surface area (Å²) in [6.45, 7) is 4.94. The molecule has 7 nitrogen and oxygen atoms in total. The van der Waals surface area contributed by atoms with Crippen LogP contribution in [0.25, 0.3) is 0 Å². The quantitative estimate of drug-likeness (QED) is 0.773. The zero-order valence-corrected chi connectivity index (χ0v) is 16.8. The van der Waals surface area contributed by atoms with E-state index in [1.54, 1.807) is 21.1 Å². The average molecular weight is 386 g/mol. The number of ether oxygens (including phenoxy) is 3. The van der Waals surface area contributed by atoms with Crippen LogP contribution in [0.3, 0.4) is 0 Å². The first kappa shape index (κ1) is 17.6. The van der Waals surface area contributed by atoms with Crippen LogP contribution in [0, 0.1) is 0 Å². The molecule has 0 radical (unpaired) electrons. The fraction of sp³-hybridized carbons (Fsp3) is 0.619. The van der Waals surface area contributed by atoms with Gasteiger partial charge in [0.1, 0.15) is 12.4 Å². The lowest BCUT2D eigenvalue weighted by atomic mass is 9.64. The summed E-state index contributed by atoms with van der Waals surface area (Å²) in [5.41, 5.74) is 1.88. The molecule has 0 aromatic heterocycles. The molecular weight excluding hydrogens is 360 g/mol. The van der Waals surface area contributed by atoms with E-state index in [0.717, 1.165) is 17.7 Å². The standard InChI is InChI=1S/C21H26N2O5/c1-11-10-28-20-18-14(9-15(26-3)19(20)27-4)21-5-6-22(12(2)24)16(21)7-13(25)8-17(21)23(11)18/h9,11,16-17H,5-8,10H2,1-4H3/t11-,16-,17-,21+/m1/s1. The number of fused-ring (bicyclic) bond motifs is 1. The van der Waals surface area contributed by atoms with E-state index in [-0.39, 0.29) is 35.2 Å². The molecule has 1 amide bonds. The highest BCUT2D eigenvalue weighted by molar-refractivity contribution is 5.89. The summed E-state index contributed by atoms with van der Waals surface area (Å²) in [6.07, 6.45) is 1.77. The van der Waals surface area contributed by atoms with Crippen LogP contribution in [0.4, 0.5) is 5.69 Å². The van der Waals surface area contributed by atoms with Crippen molar-refractivity contribution in [2.45, 2.75) is 56.7 Å². The van der Waals surface area contributed by atoms with Crippen LogP contribution in [-0.2, 0) is 15.0 Å². The number of methoxy groups -OCH3 is 2. The minimum atomic E-state index is -0.273. The van der Waals surface area contributed by atoms with E-state index in [1.807, 2.05) is 4.90 Å². The molecule has 150 valence electrons. The first-order chi connectivity index (χ1) is 13.4. The topological polar surface area (TPSA) is 68.3 Å². The normalized spacial score (nSPS) is 32.4. The van der Waals surface area contributed by atoms with Crippen LogP contribution < -0.4 is 19.1 Å². The van der Waals surface area contributed by atoms with E-state index >= 15 is 0 Å². The summed E-state index contributed by atoms with van der Waals surface area (Å²) in [4.78, 5) is 29.4. The van der Waals surface area contributed by atoms with Gasteiger partial charge in [-0.2, -0.15) is 0 Å². The second-order valence-electron chi connectivity index (χ2n) is 8.39. The van der Waals surface area contributed by atoms with Gasteiger partial charge in [-0.05, 0) is 25.0 Å². The van der Waals surface area contributed by atoms with Gasteiger partial charge in [0, 0.05) is 37.8 Å². The number of rotatable bonds is 2. The highest BCUT2D eigenvalue weighted by Gasteiger charge is 2.65. The third-order valence-electron chi connectivity index (χ3n) is 7.22. The number of carbonyl (C=O) groups is 2. The number of hydrogen-bond donors (Lipinski definition) is 0. The van der Waals surface area contributed by atoms with Crippen molar-refractivity contribution >= 4 is 17.4 Å². The number of likely N-dealkylation sites (tertiary alicyclic amines) is 1. The maximum atomic E-state index is 12.7. The second-order valence-corrected chi connectivity index (χ2v) is 8.39. The number of hydrogen-bond acceptors (Lipinski definition) is 6. The number of ketones is 1. The summed E-state index contributed by atoms with van der Waals surface area (Å²) < 4.78 is 17.4. The first-order valence-electron chi connectivity index (χ1n) is 9.93. The van der Waals surface area contributed by atoms with Crippen LogP contribution in [0.2, 0.25) is 0 Å². The van der Waals surface area contributed by atoms with Crippen molar-refractivity contribution in [2.75, 3.05) is 32.3 Å². The molecule has 28 heavy (non-hydrogen) atoms. The molecule has 1 aromatic carbocycles. The van der Waals surface area contributed by atoms with Crippen molar-refractivity contribution in [3.63, 3.8) is 0 Å². The van der Waals surface area contributed by atoms with Crippen molar-refractivity contribution in [2.24, 2.45) is 0 Å². The smallest absolute Gasteiger partial charge is 0.219 e. The van der Waals surface area contributed by atoms with Gasteiger partial charge in [0.15, 0.2) is 11.5 Å². The Bertz CT molecular complexity index is 884. The minimum Gasteiger partial charge on any atom is -0.493 e. The molecule has 1 spiro atoms. The van der Waals surface area contributed by atoms with Crippen LogP contribution in [-0.4, -0.2) is 62.1 Å². The number of Topliss-reactive ketones (excluding diaryl/α,β-unsaturated/α-hetero) is 1. The Kier molecular flexibility index (Phi) is 3.64. The SMILES string of the molecule is COc1cc2c3c(c1OC)OC[C@@H](C)N3[C@@H]1CC(=O)C[C@H]3N(C(C)=O)CC[C@]231. The zero-order valence-electron chi connectivity index (χ0n) is 16.8. The molecule has 3 aliphatic heterocycles. The Balaban J connectivity index is 1.80. The van der Waals surface area contributed by atoms with E-state index in [9.17, 15) is 9.59 Å². The van der Waals surface area contributed by atoms with Gasteiger partial charge in [0.25, 0.3) is 0 Å². The van der Waals surface area contributed by atoms with Crippen LogP contribution in [0.1, 0.15) is 38.7 Å². The molecule has 4 aliphatic rings. The molecule has 1 aromatic rings.